The third kappa shape index (κ3) is 3.38. The number of aromatic nitrogens is 3. The van der Waals surface area contributed by atoms with Gasteiger partial charge in [0, 0.05) is 18.3 Å². The topological polar surface area (TPSA) is 59.0 Å². The molecule has 0 N–H and O–H groups in total. The SMILES string of the molecule is CN(C(=O)c1cnns1)[C@H](c1ccc(Cl)cc1)c1ccccn1. The highest BCUT2D eigenvalue weighted by Crippen LogP contribution is 2.28. The Kier molecular flexibility index (Phi) is 4.64. The van der Waals surface area contributed by atoms with E-state index in [9.17, 15) is 4.79 Å². The molecule has 0 spiro atoms. The lowest BCUT2D eigenvalue weighted by atomic mass is 10.0. The molecule has 1 amide bonds. The molecular weight excluding hydrogens is 332 g/mol. The molecule has 1 atom stereocenters. The van der Waals surface area contributed by atoms with Gasteiger partial charge in [0.15, 0.2) is 0 Å². The first-order valence-corrected chi connectivity index (χ1v) is 8.03. The summed E-state index contributed by atoms with van der Waals surface area (Å²) in [6, 6.07) is 12.7. The molecule has 0 radical (unpaired) electrons. The third-order valence-corrected chi connectivity index (χ3v) is 4.34. The molecule has 0 saturated carbocycles. The second-order valence-corrected chi connectivity index (χ2v) is 6.13. The highest BCUT2D eigenvalue weighted by atomic mass is 35.5. The van der Waals surface area contributed by atoms with Crippen LogP contribution in [-0.2, 0) is 0 Å². The fourth-order valence-electron chi connectivity index (χ4n) is 2.33. The first-order chi connectivity index (χ1) is 11.2. The van der Waals surface area contributed by atoms with E-state index in [-0.39, 0.29) is 11.9 Å². The van der Waals surface area contributed by atoms with Crippen LogP contribution < -0.4 is 0 Å². The van der Waals surface area contributed by atoms with E-state index in [0.29, 0.717) is 9.90 Å². The van der Waals surface area contributed by atoms with Gasteiger partial charge in [-0.25, -0.2) is 0 Å². The summed E-state index contributed by atoms with van der Waals surface area (Å²) in [7, 11) is 1.75. The summed E-state index contributed by atoms with van der Waals surface area (Å²) >= 11 is 7.05. The van der Waals surface area contributed by atoms with Crippen LogP contribution in [0.4, 0.5) is 0 Å². The number of carbonyl (C=O) groups excluding carboxylic acids is 1. The van der Waals surface area contributed by atoms with Crippen LogP contribution in [0.25, 0.3) is 0 Å². The van der Waals surface area contributed by atoms with Crippen LogP contribution in [0.1, 0.15) is 27.0 Å². The number of nitrogens with zero attached hydrogens (tertiary/aromatic N) is 4. The summed E-state index contributed by atoms with van der Waals surface area (Å²) in [5.41, 5.74) is 1.71. The van der Waals surface area contributed by atoms with Crippen molar-refractivity contribution in [2.75, 3.05) is 7.05 Å². The molecule has 0 bridgehead atoms. The summed E-state index contributed by atoms with van der Waals surface area (Å²) in [6.45, 7) is 0. The Bertz CT molecular complexity index is 778. The van der Waals surface area contributed by atoms with Gasteiger partial charge in [-0.15, -0.1) is 5.10 Å². The van der Waals surface area contributed by atoms with Gasteiger partial charge in [0.25, 0.3) is 5.91 Å². The van der Waals surface area contributed by atoms with Crippen LogP contribution in [0.2, 0.25) is 5.02 Å². The number of pyridine rings is 1. The fraction of sp³-hybridized carbons (Fsp3) is 0.125. The summed E-state index contributed by atoms with van der Waals surface area (Å²) in [5.74, 6) is -0.148. The van der Waals surface area contributed by atoms with Crippen molar-refractivity contribution in [2.24, 2.45) is 0 Å². The third-order valence-electron chi connectivity index (χ3n) is 3.43. The van der Waals surface area contributed by atoms with Crippen LogP contribution in [0.15, 0.2) is 54.9 Å². The second-order valence-electron chi connectivity index (χ2n) is 4.91. The van der Waals surface area contributed by atoms with E-state index < -0.39 is 0 Å². The lowest BCUT2D eigenvalue weighted by Crippen LogP contribution is -2.32. The molecule has 0 unspecified atom stereocenters. The van der Waals surface area contributed by atoms with Crippen molar-refractivity contribution in [2.45, 2.75) is 6.04 Å². The minimum Gasteiger partial charge on any atom is -0.328 e. The van der Waals surface area contributed by atoms with E-state index in [0.717, 1.165) is 22.8 Å². The first kappa shape index (κ1) is 15.6. The Hall–Kier alpha value is -2.31. The maximum absolute atomic E-state index is 12.7. The van der Waals surface area contributed by atoms with Crippen molar-refractivity contribution in [3.8, 4) is 0 Å². The Balaban J connectivity index is 2.01. The molecular formula is C16H13ClN4OS. The Morgan fingerprint density at radius 1 is 1.22 bits per heavy atom. The van der Waals surface area contributed by atoms with Crippen LogP contribution in [0, 0.1) is 0 Å². The van der Waals surface area contributed by atoms with E-state index in [1.807, 2.05) is 30.3 Å². The maximum atomic E-state index is 12.7. The highest BCUT2D eigenvalue weighted by molar-refractivity contribution is 7.07. The van der Waals surface area contributed by atoms with Crippen LogP contribution >= 0.6 is 23.1 Å². The summed E-state index contributed by atoms with van der Waals surface area (Å²) in [4.78, 5) is 19.2. The molecule has 0 aliphatic rings. The van der Waals surface area contributed by atoms with Crippen LogP contribution in [0.3, 0.4) is 0 Å². The smallest absolute Gasteiger partial charge is 0.267 e. The van der Waals surface area contributed by atoms with Crippen LogP contribution in [-0.4, -0.2) is 32.4 Å². The molecule has 3 rings (SSSR count). The number of rotatable bonds is 4. The van der Waals surface area contributed by atoms with Crippen molar-refractivity contribution >= 4 is 29.0 Å². The molecule has 5 nitrogen and oxygen atoms in total. The summed E-state index contributed by atoms with van der Waals surface area (Å²) < 4.78 is 3.75. The molecule has 1 aromatic carbocycles. The molecule has 0 saturated heterocycles. The predicted molar refractivity (Wildman–Crippen MR) is 89.5 cm³/mol. The average Bonchev–Trinajstić information content (AvgIpc) is 3.11. The lowest BCUT2D eigenvalue weighted by Gasteiger charge is -2.27. The van der Waals surface area contributed by atoms with Gasteiger partial charge in [0.1, 0.15) is 4.88 Å². The zero-order valence-corrected chi connectivity index (χ0v) is 13.8. The van der Waals surface area contributed by atoms with Crippen molar-refractivity contribution in [3.05, 3.63) is 76.0 Å². The summed E-state index contributed by atoms with van der Waals surface area (Å²) in [5, 5.41) is 4.38. The van der Waals surface area contributed by atoms with Gasteiger partial charge in [0.05, 0.1) is 17.9 Å². The molecule has 3 aromatic rings. The van der Waals surface area contributed by atoms with Gasteiger partial charge >= 0.3 is 0 Å². The predicted octanol–water partition coefficient (Wildman–Crippen LogP) is 3.45. The van der Waals surface area contributed by atoms with Gasteiger partial charge in [-0.05, 0) is 41.4 Å². The van der Waals surface area contributed by atoms with Gasteiger partial charge in [-0.1, -0.05) is 34.3 Å². The molecule has 23 heavy (non-hydrogen) atoms. The van der Waals surface area contributed by atoms with Crippen molar-refractivity contribution in [1.82, 2.24) is 19.5 Å². The zero-order chi connectivity index (χ0) is 16.2. The van der Waals surface area contributed by atoms with Crippen LogP contribution in [0.5, 0.6) is 0 Å². The van der Waals surface area contributed by atoms with Crippen molar-refractivity contribution < 1.29 is 4.79 Å². The van der Waals surface area contributed by atoms with E-state index >= 15 is 0 Å². The standard InChI is InChI=1S/C16H13ClN4OS/c1-21(16(22)14-10-19-20-23-14)15(13-4-2-3-9-18-13)11-5-7-12(17)8-6-11/h2-10,15H,1H3/t15-/m1/s1. The van der Waals surface area contributed by atoms with E-state index in [1.165, 1.54) is 6.20 Å². The van der Waals surface area contributed by atoms with Crippen molar-refractivity contribution in [1.29, 1.82) is 0 Å². The highest BCUT2D eigenvalue weighted by Gasteiger charge is 2.26. The number of hydrogen-bond donors (Lipinski definition) is 0. The number of amides is 1. The monoisotopic (exact) mass is 344 g/mol. The molecule has 0 aliphatic carbocycles. The van der Waals surface area contributed by atoms with E-state index in [2.05, 4.69) is 14.6 Å². The molecule has 0 aliphatic heterocycles. The number of carbonyl (C=O) groups is 1. The van der Waals surface area contributed by atoms with Gasteiger partial charge < -0.3 is 4.90 Å². The normalized spacial score (nSPS) is 11.9. The molecule has 0 fully saturated rings. The molecule has 116 valence electrons. The quantitative estimate of drug-likeness (QED) is 0.727. The van der Waals surface area contributed by atoms with Gasteiger partial charge in [-0.3, -0.25) is 9.78 Å². The largest absolute Gasteiger partial charge is 0.328 e. The number of hydrogen-bond acceptors (Lipinski definition) is 5. The molecule has 2 heterocycles. The molecule has 2 aromatic heterocycles. The Labute approximate surface area is 142 Å². The Morgan fingerprint density at radius 3 is 2.61 bits per heavy atom. The zero-order valence-electron chi connectivity index (χ0n) is 12.3. The minimum atomic E-state index is -0.317. The maximum Gasteiger partial charge on any atom is 0.267 e. The first-order valence-electron chi connectivity index (χ1n) is 6.87. The lowest BCUT2D eigenvalue weighted by molar-refractivity contribution is 0.0757. The second kappa shape index (κ2) is 6.85. The van der Waals surface area contributed by atoms with Gasteiger partial charge in [-0.2, -0.15) is 0 Å². The average molecular weight is 345 g/mol. The van der Waals surface area contributed by atoms with E-state index in [1.54, 1.807) is 30.3 Å². The van der Waals surface area contributed by atoms with E-state index in [4.69, 9.17) is 11.6 Å². The number of halogens is 1. The fourth-order valence-corrected chi connectivity index (χ4v) is 2.95. The molecule has 7 heteroatoms. The minimum absolute atomic E-state index is 0.148. The Morgan fingerprint density at radius 2 is 2.00 bits per heavy atom. The number of benzene rings is 1. The van der Waals surface area contributed by atoms with Crippen molar-refractivity contribution in [3.63, 3.8) is 0 Å². The summed E-state index contributed by atoms with van der Waals surface area (Å²) in [6.07, 6.45) is 3.19. The van der Waals surface area contributed by atoms with Gasteiger partial charge in [0.2, 0.25) is 0 Å².